The molecule has 0 saturated carbocycles. The van der Waals surface area contributed by atoms with Crippen LogP contribution >= 0.6 is 35.4 Å². The van der Waals surface area contributed by atoms with Crippen molar-refractivity contribution < 1.29 is 9.66 Å². The first-order valence-corrected chi connectivity index (χ1v) is 9.39. The summed E-state index contributed by atoms with van der Waals surface area (Å²) < 4.78 is 6.89. The van der Waals surface area contributed by atoms with Gasteiger partial charge in [-0.1, -0.05) is 29.3 Å². The van der Waals surface area contributed by atoms with Crippen LogP contribution in [0.15, 0.2) is 48.8 Å². The highest BCUT2D eigenvalue weighted by molar-refractivity contribution is 7.80. The molecule has 0 fully saturated rings. The van der Waals surface area contributed by atoms with Crippen LogP contribution in [0.5, 0.6) is 5.75 Å². The normalized spacial score (nSPS) is 10.4. The minimum absolute atomic E-state index is 0.0755. The molecule has 3 rings (SSSR count). The average Bonchev–Trinajstić information content (AvgIpc) is 3.10. The van der Waals surface area contributed by atoms with Crippen molar-refractivity contribution in [3.8, 4) is 5.75 Å². The van der Waals surface area contributed by atoms with Gasteiger partial charge in [-0.15, -0.1) is 0 Å². The van der Waals surface area contributed by atoms with E-state index in [2.05, 4.69) is 15.7 Å². The van der Waals surface area contributed by atoms with Crippen LogP contribution in [0.3, 0.4) is 0 Å². The van der Waals surface area contributed by atoms with Crippen molar-refractivity contribution in [2.75, 3.05) is 17.7 Å². The summed E-state index contributed by atoms with van der Waals surface area (Å²) in [5.74, 6) is 0.302. The first kappa shape index (κ1) is 20.8. The Labute approximate surface area is 181 Å². The summed E-state index contributed by atoms with van der Waals surface area (Å²) >= 11 is 17.4. The van der Waals surface area contributed by atoms with Gasteiger partial charge in [0.2, 0.25) is 0 Å². The van der Waals surface area contributed by atoms with Gasteiger partial charge in [-0.05, 0) is 36.0 Å². The van der Waals surface area contributed by atoms with Crippen molar-refractivity contribution in [1.82, 2.24) is 9.78 Å². The third kappa shape index (κ3) is 5.35. The predicted octanol–water partition coefficient (Wildman–Crippen LogP) is 4.96. The van der Waals surface area contributed by atoms with Gasteiger partial charge in [0, 0.05) is 22.3 Å². The van der Waals surface area contributed by atoms with Gasteiger partial charge in [0.05, 0.1) is 42.2 Å². The first-order valence-electron chi connectivity index (χ1n) is 8.22. The fraction of sp³-hybridized carbons (Fsp3) is 0.111. The zero-order valence-electron chi connectivity index (χ0n) is 15.1. The number of hydrogen-bond acceptors (Lipinski definition) is 5. The molecule has 11 heteroatoms. The maximum absolute atomic E-state index is 10.9. The van der Waals surface area contributed by atoms with Crippen LogP contribution < -0.4 is 15.4 Å². The minimum atomic E-state index is -0.496. The van der Waals surface area contributed by atoms with E-state index in [0.29, 0.717) is 33.7 Å². The highest BCUT2D eigenvalue weighted by atomic mass is 35.5. The molecule has 2 N–H and O–H groups in total. The second-order valence-electron chi connectivity index (χ2n) is 5.88. The number of non-ortho nitro benzene ring substituents is 1. The molecule has 0 bridgehead atoms. The number of nitrogens with zero attached hydrogens (tertiary/aromatic N) is 3. The van der Waals surface area contributed by atoms with Crippen LogP contribution in [0.4, 0.5) is 17.1 Å². The molecule has 0 aliphatic heterocycles. The fourth-order valence-corrected chi connectivity index (χ4v) is 3.22. The number of benzene rings is 2. The number of halogens is 2. The quantitative estimate of drug-likeness (QED) is 0.310. The van der Waals surface area contributed by atoms with Crippen molar-refractivity contribution in [3.05, 3.63) is 74.5 Å². The van der Waals surface area contributed by atoms with Crippen molar-refractivity contribution >= 4 is 57.6 Å². The lowest BCUT2D eigenvalue weighted by molar-refractivity contribution is -0.384. The molecule has 3 aromatic rings. The number of ether oxygens (including phenoxy) is 1. The Morgan fingerprint density at radius 1 is 1.28 bits per heavy atom. The Morgan fingerprint density at radius 2 is 2.07 bits per heavy atom. The van der Waals surface area contributed by atoms with Gasteiger partial charge in [0.25, 0.3) is 5.69 Å². The standard InChI is InChI=1S/C18H15Cl2N5O3S/c1-28-17-7-14(25(26)27)4-5-16(17)23-18(29)22-13-8-21-24(10-13)9-11-2-3-12(19)6-15(11)20/h2-8,10H,9H2,1H3,(H2,22,23,29). The molecule has 0 saturated heterocycles. The average molecular weight is 452 g/mol. The van der Waals surface area contributed by atoms with Crippen molar-refractivity contribution in [2.45, 2.75) is 6.54 Å². The van der Waals surface area contributed by atoms with Crippen molar-refractivity contribution in [1.29, 1.82) is 0 Å². The Balaban J connectivity index is 1.65. The van der Waals surface area contributed by atoms with Crippen LogP contribution in [0.25, 0.3) is 0 Å². The molecule has 0 radical (unpaired) electrons. The number of nitrogens with one attached hydrogen (secondary N) is 2. The van der Waals surface area contributed by atoms with E-state index < -0.39 is 4.92 Å². The first-order chi connectivity index (χ1) is 13.9. The summed E-state index contributed by atoms with van der Waals surface area (Å²) in [4.78, 5) is 10.4. The van der Waals surface area contributed by atoms with Gasteiger partial charge in [-0.25, -0.2) is 0 Å². The van der Waals surface area contributed by atoms with E-state index in [1.54, 1.807) is 29.2 Å². The Kier molecular flexibility index (Phi) is 6.53. The molecule has 0 spiro atoms. The van der Waals surface area contributed by atoms with Crippen LogP contribution in [0.2, 0.25) is 10.0 Å². The largest absolute Gasteiger partial charge is 0.494 e. The summed E-state index contributed by atoms with van der Waals surface area (Å²) in [5.41, 5.74) is 1.96. The van der Waals surface area contributed by atoms with E-state index >= 15 is 0 Å². The molecular weight excluding hydrogens is 437 g/mol. The molecule has 150 valence electrons. The molecule has 1 heterocycles. The Hall–Kier alpha value is -2.88. The lowest BCUT2D eigenvalue weighted by atomic mass is 10.2. The van der Waals surface area contributed by atoms with Crippen LogP contribution in [-0.4, -0.2) is 26.9 Å². The summed E-state index contributed by atoms with van der Waals surface area (Å²) in [5, 5.41) is 22.5. The highest BCUT2D eigenvalue weighted by Crippen LogP contribution is 2.29. The maximum Gasteiger partial charge on any atom is 0.273 e. The van der Waals surface area contributed by atoms with Crippen LogP contribution in [0, 0.1) is 10.1 Å². The number of hydrogen-bond donors (Lipinski definition) is 2. The van der Waals surface area contributed by atoms with Gasteiger partial charge < -0.3 is 15.4 Å². The number of methoxy groups -OCH3 is 1. The predicted molar refractivity (Wildman–Crippen MR) is 117 cm³/mol. The number of thiocarbonyl (C=S) groups is 1. The Bertz CT molecular complexity index is 1070. The van der Waals surface area contributed by atoms with E-state index in [9.17, 15) is 10.1 Å². The number of aromatic nitrogens is 2. The van der Waals surface area contributed by atoms with Crippen LogP contribution in [0.1, 0.15) is 5.56 Å². The van der Waals surface area contributed by atoms with Crippen LogP contribution in [-0.2, 0) is 6.54 Å². The van der Waals surface area contributed by atoms with Gasteiger partial charge >= 0.3 is 0 Å². The van der Waals surface area contributed by atoms with Crippen molar-refractivity contribution in [2.24, 2.45) is 0 Å². The SMILES string of the molecule is COc1cc([N+](=O)[O-])ccc1NC(=S)Nc1cnn(Cc2ccc(Cl)cc2Cl)c1. The topological polar surface area (TPSA) is 94.2 Å². The third-order valence-electron chi connectivity index (χ3n) is 3.88. The van der Waals surface area contributed by atoms with E-state index in [-0.39, 0.29) is 10.8 Å². The van der Waals surface area contributed by atoms with Gasteiger partial charge in [-0.3, -0.25) is 14.8 Å². The van der Waals surface area contributed by atoms with E-state index in [0.717, 1.165) is 5.56 Å². The molecule has 0 atom stereocenters. The molecule has 0 aliphatic carbocycles. The minimum Gasteiger partial charge on any atom is -0.494 e. The molecule has 2 aromatic carbocycles. The highest BCUT2D eigenvalue weighted by Gasteiger charge is 2.13. The zero-order valence-corrected chi connectivity index (χ0v) is 17.4. The van der Waals surface area contributed by atoms with Gasteiger partial charge in [0.15, 0.2) is 5.11 Å². The fourth-order valence-electron chi connectivity index (χ4n) is 2.52. The summed E-state index contributed by atoms with van der Waals surface area (Å²) in [6.45, 7) is 0.466. The smallest absolute Gasteiger partial charge is 0.273 e. The molecule has 0 amide bonds. The third-order valence-corrected chi connectivity index (χ3v) is 4.67. The van der Waals surface area contributed by atoms with Gasteiger partial charge in [-0.2, -0.15) is 5.10 Å². The molecule has 0 unspecified atom stereocenters. The molecule has 29 heavy (non-hydrogen) atoms. The maximum atomic E-state index is 10.9. The monoisotopic (exact) mass is 451 g/mol. The van der Waals surface area contributed by atoms with E-state index in [1.807, 2.05) is 6.07 Å². The number of nitro groups is 1. The molecule has 1 aromatic heterocycles. The lowest BCUT2D eigenvalue weighted by Crippen LogP contribution is -2.19. The summed E-state index contributed by atoms with van der Waals surface area (Å²) in [6, 6.07) is 9.49. The molecule has 0 aliphatic rings. The second kappa shape index (κ2) is 9.08. The summed E-state index contributed by atoms with van der Waals surface area (Å²) in [6.07, 6.45) is 3.39. The van der Waals surface area contributed by atoms with Gasteiger partial charge in [0.1, 0.15) is 5.75 Å². The van der Waals surface area contributed by atoms with Crippen molar-refractivity contribution in [3.63, 3.8) is 0 Å². The summed E-state index contributed by atoms with van der Waals surface area (Å²) in [7, 11) is 1.42. The molecule has 8 nitrogen and oxygen atoms in total. The van der Waals surface area contributed by atoms with E-state index in [1.165, 1.54) is 25.3 Å². The Morgan fingerprint density at radius 3 is 2.76 bits per heavy atom. The number of nitro benzene ring substituents is 1. The van der Waals surface area contributed by atoms with E-state index in [4.69, 9.17) is 40.2 Å². The number of rotatable bonds is 6. The molecular formula is C18H15Cl2N5O3S. The number of anilines is 2. The second-order valence-corrected chi connectivity index (χ2v) is 7.14. The lowest BCUT2D eigenvalue weighted by Gasteiger charge is -2.12. The zero-order chi connectivity index (χ0) is 21.0.